The highest BCUT2D eigenvalue weighted by Gasteiger charge is 2.40. The smallest absolute Gasteiger partial charge is 0.269 e. The first-order valence-corrected chi connectivity index (χ1v) is 12.5. The van der Waals surface area contributed by atoms with Gasteiger partial charge in [0.1, 0.15) is 16.7 Å². The number of halogens is 3. The standard InChI is InChI=1S/C26H18Cl3N3O2S/c1-15-2-7-18(8-3-15)31-24(33)20(14-30)26-32(19-9-5-17(27)6-10-19)25(34)23(35-26)13-16-4-11-21(28)22(29)12-16/h2-12,23H,13H2,1H3,(H,31,33)/b26-20-/t23-/m1/s1. The molecule has 1 saturated heterocycles. The summed E-state index contributed by atoms with van der Waals surface area (Å²) in [5.74, 6) is -0.852. The van der Waals surface area contributed by atoms with E-state index in [0.29, 0.717) is 32.9 Å². The number of carbonyl (C=O) groups excluding carboxylic acids is 2. The summed E-state index contributed by atoms with van der Waals surface area (Å²) in [4.78, 5) is 28.0. The molecule has 9 heteroatoms. The van der Waals surface area contributed by atoms with Gasteiger partial charge in [0.2, 0.25) is 5.91 Å². The maximum absolute atomic E-state index is 13.5. The zero-order chi connectivity index (χ0) is 25.1. The second-order valence-corrected chi connectivity index (χ2v) is 10.3. The van der Waals surface area contributed by atoms with E-state index in [2.05, 4.69) is 5.32 Å². The van der Waals surface area contributed by atoms with Crippen molar-refractivity contribution in [1.29, 1.82) is 5.26 Å². The number of hydrogen-bond acceptors (Lipinski definition) is 4. The number of thioether (sulfide) groups is 1. The molecule has 3 aromatic rings. The van der Waals surface area contributed by atoms with E-state index in [1.54, 1.807) is 54.6 Å². The van der Waals surface area contributed by atoms with Crippen molar-refractivity contribution in [2.24, 2.45) is 0 Å². The van der Waals surface area contributed by atoms with Crippen LogP contribution in [-0.2, 0) is 16.0 Å². The van der Waals surface area contributed by atoms with Crippen LogP contribution >= 0.6 is 46.6 Å². The van der Waals surface area contributed by atoms with Gasteiger partial charge in [-0.15, -0.1) is 0 Å². The fraction of sp³-hybridized carbons (Fsp3) is 0.115. The Morgan fingerprint density at radius 3 is 2.34 bits per heavy atom. The fourth-order valence-corrected chi connectivity index (χ4v) is 5.28. The van der Waals surface area contributed by atoms with E-state index in [9.17, 15) is 14.9 Å². The maximum Gasteiger partial charge on any atom is 0.269 e. The van der Waals surface area contributed by atoms with E-state index < -0.39 is 11.2 Å². The Kier molecular flexibility index (Phi) is 7.73. The predicted molar refractivity (Wildman–Crippen MR) is 143 cm³/mol. The van der Waals surface area contributed by atoms with E-state index in [0.717, 1.165) is 11.1 Å². The van der Waals surface area contributed by atoms with Crippen LogP contribution in [-0.4, -0.2) is 17.1 Å². The largest absolute Gasteiger partial charge is 0.321 e. The molecule has 176 valence electrons. The van der Waals surface area contributed by atoms with Crippen molar-refractivity contribution in [3.63, 3.8) is 0 Å². The summed E-state index contributed by atoms with van der Waals surface area (Å²) in [5, 5.41) is 13.7. The second kappa shape index (κ2) is 10.8. The molecule has 0 aliphatic carbocycles. The van der Waals surface area contributed by atoms with Gasteiger partial charge in [-0.3, -0.25) is 14.5 Å². The number of aryl methyl sites for hydroxylation is 1. The molecule has 0 spiro atoms. The first-order chi connectivity index (χ1) is 16.8. The van der Waals surface area contributed by atoms with Gasteiger partial charge in [-0.05, 0) is 67.4 Å². The van der Waals surface area contributed by atoms with Gasteiger partial charge in [-0.1, -0.05) is 70.3 Å². The van der Waals surface area contributed by atoms with Gasteiger partial charge in [0.05, 0.1) is 15.3 Å². The van der Waals surface area contributed by atoms with Crippen LogP contribution in [0.4, 0.5) is 11.4 Å². The number of rotatable bonds is 5. The molecule has 35 heavy (non-hydrogen) atoms. The van der Waals surface area contributed by atoms with Gasteiger partial charge >= 0.3 is 0 Å². The maximum atomic E-state index is 13.5. The molecule has 1 N–H and O–H groups in total. The van der Waals surface area contributed by atoms with E-state index in [4.69, 9.17) is 34.8 Å². The van der Waals surface area contributed by atoms with Crippen molar-refractivity contribution in [3.8, 4) is 6.07 Å². The van der Waals surface area contributed by atoms with Crippen LogP contribution in [0.5, 0.6) is 0 Å². The Balaban J connectivity index is 1.72. The molecule has 4 rings (SSSR count). The number of nitrogens with one attached hydrogen (secondary N) is 1. The predicted octanol–water partition coefficient (Wildman–Crippen LogP) is 7.02. The molecule has 1 heterocycles. The van der Waals surface area contributed by atoms with Crippen LogP contribution in [0, 0.1) is 18.3 Å². The molecule has 1 aliphatic heterocycles. The van der Waals surface area contributed by atoms with Crippen LogP contribution in [0.25, 0.3) is 0 Å². The minimum absolute atomic E-state index is 0.157. The Morgan fingerprint density at radius 2 is 1.71 bits per heavy atom. The van der Waals surface area contributed by atoms with Gasteiger partial charge < -0.3 is 5.32 Å². The van der Waals surface area contributed by atoms with E-state index in [1.807, 2.05) is 25.1 Å². The van der Waals surface area contributed by atoms with Crippen LogP contribution in [0.3, 0.4) is 0 Å². The van der Waals surface area contributed by atoms with Crippen molar-refractivity contribution in [3.05, 3.63) is 104 Å². The number of amides is 2. The van der Waals surface area contributed by atoms with Crippen LogP contribution in [0.2, 0.25) is 15.1 Å². The molecule has 0 bridgehead atoms. The lowest BCUT2D eigenvalue weighted by Gasteiger charge is -2.19. The third-order valence-electron chi connectivity index (χ3n) is 5.30. The Labute approximate surface area is 222 Å². The lowest BCUT2D eigenvalue weighted by molar-refractivity contribution is -0.117. The lowest BCUT2D eigenvalue weighted by atomic mass is 10.1. The van der Waals surface area contributed by atoms with E-state index in [1.165, 1.54) is 16.7 Å². The minimum atomic E-state index is -0.596. The fourth-order valence-electron chi connectivity index (χ4n) is 3.52. The van der Waals surface area contributed by atoms with E-state index >= 15 is 0 Å². The summed E-state index contributed by atoms with van der Waals surface area (Å²) in [6.07, 6.45) is 0.340. The highest BCUT2D eigenvalue weighted by atomic mass is 35.5. The molecule has 3 aromatic carbocycles. The number of nitriles is 1. The molecule has 0 saturated carbocycles. The molecular weight excluding hydrogens is 525 g/mol. The normalized spacial score (nSPS) is 16.7. The first kappa shape index (κ1) is 25.2. The van der Waals surface area contributed by atoms with Crippen LogP contribution in [0.15, 0.2) is 77.3 Å². The number of anilines is 2. The van der Waals surface area contributed by atoms with Crippen molar-refractivity contribution in [2.45, 2.75) is 18.6 Å². The van der Waals surface area contributed by atoms with Gasteiger partial charge in [-0.2, -0.15) is 5.26 Å². The molecular formula is C26H18Cl3N3O2S. The molecule has 5 nitrogen and oxygen atoms in total. The van der Waals surface area contributed by atoms with Crippen LogP contribution in [0.1, 0.15) is 11.1 Å². The van der Waals surface area contributed by atoms with Gasteiger partial charge in [0.25, 0.3) is 5.91 Å². The Morgan fingerprint density at radius 1 is 1.03 bits per heavy atom. The summed E-state index contributed by atoms with van der Waals surface area (Å²) in [6.45, 7) is 1.94. The summed E-state index contributed by atoms with van der Waals surface area (Å²) in [6, 6.07) is 21.1. The number of carbonyl (C=O) groups is 2. The number of benzene rings is 3. The molecule has 0 radical (unpaired) electrons. The van der Waals surface area contributed by atoms with Crippen molar-refractivity contribution < 1.29 is 9.59 Å². The monoisotopic (exact) mass is 541 g/mol. The second-order valence-electron chi connectivity index (χ2n) is 7.82. The van der Waals surface area contributed by atoms with Crippen molar-refractivity contribution >= 4 is 69.8 Å². The zero-order valence-electron chi connectivity index (χ0n) is 18.4. The number of nitrogens with zero attached hydrogens (tertiary/aromatic N) is 2. The quantitative estimate of drug-likeness (QED) is 0.278. The molecule has 2 amide bonds. The van der Waals surface area contributed by atoms with Crippen molar-refractivity contribution in [1.82, 2.24) is 0 Å². The summed E-state index contributed by atoms with van der Waals surface area (Å²) in [7, 11) is 0. The highest BCUT2D eigenvalue weighted by Crippen LogP contribution is 2.42. The summed E-state index contributed by atoms with van der Waals surface area (Å²) < 4.78 is 0. The van der Waals surface area contributed by atoms with Gasteiger partial charge in [0.15, 0.2) is 0 Å². The zero-order valence-corrected chi connectivity index (χ0v) is 21.5. The third-order valence-corrected chi connectivity index (χ3v) is 7.56. The van der Waals surface area contributed by atoms with Gasteiger partial charge in [-0.25, -0.2) is 0 Å². The lowest BCUT2D eigenvalue weighted by Crippen LogP contribution is -2.30. The SMILES string of the molecule is Cc1ccc(NC(=O)/C(C#N)=C2\S[C@H](Cc3ccc(Cl)c(Cl)c3)C(=O)N2c2ccc(Cl)cc2)cc1. The Hall–Kier alpha value is -2.95. The molecule has 1 atom stereocenters. The Bertz CT molecular complexity index is 1370. The van der Waals surface area contributed by atoms with Crippen LogP contribution < -0.4 is 10.2 Å². The minimum Gasteiger partial charge on any atom is -0.321 e. The molecule has 0 aromatic heterocycles. The first-order valence-electron chi connectivity index (χ1n) is 10.5. The molecule has 1 fully saturated rings. The average molecular weight is 543 g/mol. The topological polar surface area (TPSA) is 73.2 Å². The number of hydrogen-bond donors (Lipinski definition) is 1. The molecule has 0 unspecified atom stereocenters. The molecule has 1 aliphatic rings. The van der Waals surface area contributed by atoms with E-state index in [-0.39, 0.29) is 16.5 Å². The third kappa shape index (κ3) is 5.66. The summed E-state index contributed by atoms with van der Waals surface area (Å²) in [5.41, 5.74) is 2.75. The summed E-state index contributed by atoms with van der Waals surface area (Å²) >= 11 is 19.4. The average Bonchev–Trinajstić information content (AvgIpc) is 3.14. The highest BCUT2D eigenvalue weighted by molar-refractivity contribution is 8.05. The van der Waals surface area contributed by atoms with Crippen molar-refractivity contribution in [2.75, 3.05) is 10.2 Å². The van der Waals surface area contributed by atoms with Gasteiger partial charge in [0, 0.05) is 16.4 Å².